The van der Waals surface area contributed by atoms with Crippen LogP contribution >= 0.6 is 0 Å². The number of carbonyl (C=O) groups is 1. The monoisotopic (exact) mass is 220 g/mol. The van der Waals surface area contributed by atoms with E-state index in [1.807, 2.05) is 24.3 Å². The SMILES string of the molecule is COC(=O)[C@H]1CCN(c2ccc(N)cc2)C1. The van der Waals surface area contributed by atoms with Gasteiger partial charge < -0.3 is 15.4 Å². The van der Waals surface area contributed by atoms with Crippen molar-refractivity contribution in [3.8, 4) is 0 Å². The van der Waals surface area contributed by atoms with Gasteiger partial charge in [0.15, 0.2) is 0 Å². The van der Waals surface area contributed by atoms with Gasteiger partial charge in [0.2, 0.25) is 0 Å². The molecule has 0 aromatic heterocycles. The molecule has 1 aromatic rings. The van der Waals surface area contributed by atoms with Crippen LogP contribution in [-0.4, -0.2) is 26.2 Å². The number of hydrogen-bond donors (Lipinski definition) is 1. The van der Waals surface area contributed by atoms with Crippen molar-refractivity contribution in [3.05, 3.63) is 24.3 Å². The molecule has 0 saturated carbocycles. The molecule has 0 bridgehead atoms. The molecule has 1 aromatic carbocycles. The number of carbonyl (C=O) groups excluding carboxylic acids is 1. The Morgan fingerprint density at radius 2 is 2.12 bits per heavy atom. The summed E-state index contributed by atoms with van der Waals surface area (Å²) in [7, 11) is 1.44. The summed E-state index contributed by atoms with van der Waals surface area (Å²) < 4.78 is 4.75. The van der Waals surface area contributed by atoms with E-state index in [9.17, 15) is 4.79 Å². The number of nitrogens with zero attached hydrogens (tertiary/aromatic N) is 1. The van der Waals surface area contributed by atoms with E-state index in [-0.39, 0.29) is 11.9 Å². The van der Waals surface area contributed by atoms with E-state index in [0.717, 1.165) is 30.9 Å². The van der Waals surface area contributed by atoms with Crippen LogP contribution in [0.15, 0.2) is 24.3 Å². The predicted molar refractivity (Wildman–Crippen MR) is 63.2 cm³/mol. The van der Waals surface area contributed by atoms with Crippen molar-refractivity contribution in [3.63, 3.8) is 0 Å². The Kier molecular flexibility index (Phi) is 2.99. The lowest BCUT2D eigenvalue weighted by Crippen LogP contribution is -2.23. The zero-order valence-electron chi connectivity index (χ0n) is 9.35. The Hall–Kier alpha value is -1.71. The zero-order chi connectivity index (χ0) is 11.5. The fraction of sp³-hybridized carbons (Fsp3) is 0.417. The highest BCUT2D eigenvalue weighted by atomic mass is 16.5. The maximum atomic E-state index is 11.4. The summed E-state index contributed by atoms with van der Waals surface area (Å²) in [4.78, 5) is 13.6. The predicted octanol–water partition coefficient (Wildman–Crippen LogP) is 1.27. The second-order valence-electron chi connectivity index (χ2n) is 4.05. The Morgan fingerprint density at radius 3 is 2.75 bits per heavy atom. The van der Waals surface area contributed by atoms with Crippen LogP contribution in [0.4, 0.5) is 11.4 Å². The van der Waals surface area contributed by atoms with Gasteiger partial charge in [0.05, 0.1) is 13.0 Å². The topological polar surface area (TPSA) is 55.6 Å². The third-order valence-corrected chi connectivity index (χ3v) is 2.98. The molecule has 1 fully saturated rings. The second kappa shape index (κ2) is 4.43. The van der Waals surface area contributed by atoms with Gasteiger partial charge in [-0.05, 0) is 30.7 Å². The van der Waals surface area contributed by atoms with Crippen molar-refractivity contribution in [2.24, 2.45) is 5.92 Å². The highest BCUT2D eigenvalue weighted by Crippen LogP contribution is 2.25. The molecule has 0 unspecified atom stereocenters. The molecule has 0 radical (unpaired) electrons. The first kappa shape index (κ1) is 10.8. The summed E-state index contributed by atoms with van der Waals surface area (Å²) in [6.45, 7) is 1.63. The standard InChI is InChI=1S/C12H16N2O2/c1-16-12(15)9-6-7-14(8-9)11-4-2-10(13)3-5-11/h2-5,9H,6-8,13H2,1H3/t9-/m0/s1. The third kappa shape index (κ3) is 2.10. The molecule has 0 aliphatic carbocycles. The van der Waals surface area contributed by atoms with E-state index in [4.69, 9.17) is 10.5 Å². The van der Waals surface area contributed by atoms with Crippen LogP contribution in [-0.2, 0) is 9.53 Å². The Labute approximate surface area is 95.0 Å². The van der Waals surface area contributed by atoms with Crippen LogP contribution in [0.25, 0.3) is 0 Å². The number of rotatable bonds is 2. The average molecular weight is 220 g/mol. The lowest BCUT2D eigenvalue weighted by Gasteiger charge is -2.18. The fourth-order valence-electron chi connectivity index (χ4n) is 2.04. The molecule has 1 aliphatic heterocycles. The van der Waals surface area contributed by atoms with Crippen LogP contribution in [0.2, 0.25) is 0 Å². The molecule has 4 heteroatoms. The minimum absolute atomic E-state index is 0.00236. The van der Waals surface area contributed by atoms with E-state index in [1.54, 1.807) is 0 Å². The Morgan fingerprint density at radius 1 is 1.44 bits per heavy atom. The number of hydrogen-bond acceptors (Lipinski definition) is 4. The molecule has 2 N–H and O–H groups in total. The van der Waals surface area contributed by atoms with Gasteiger partial charge in [-0.3, -0.25) is 4.79 Å². The molecule has 1 heterocycles. The first-order chi connectivity index (χ1) is 7.70. The molecule has 86 valence electrons. The van der Waals surface area contributed by atoms with Gasteiger partial charge >= 0.3 is 5.97 Å². The summed E-state index contributed by atoms with van der Waals surface area (Å²) in [6, 6.07) is 7.71. The lowest BCUT2D eigenvalue weighted by atomic mass is 10.1. The van der Waals surface area contributed by atoms with Crippen molar-refractivity contribution >= 4 is 17.3 Å². The first-order valence-electron chi connectivity index (χ1n) is 5.39. The minimum Gasteiger partial charge on any atom is -0.469 e. The van der Waals surface area contributed by atoms with Gasteiger partial charge in [0.1, 0.15) is 0 Å². The highest BCUT2D eigenvalue weighted by Gasteiger charge is 2.28. The molecule has 16 heavy (non-hydrogen) atoms. The van der Waals surface area contributed by atoms with Crippen molar-refractivity contribution in [1.29, 1.82) is 0 Å². The maximum Gasteiger partial charge on any atom is 0.310 e. The smallest absolute Gasteiger partial charge is 0.310 e. The lowest BCUT2D eigenvalue weighted by molar-refractivity contribution is -0.144. The van der Waals surface area contributed by atoms with Crippen molar-refractivity contribution in [1.82, 2.24) is 0 Å². The average Bonchev–Trinajstić information content (AvgIpc) is 2.78. The summed E-state index contributed by atoms with van der Waals surface area (Å²) in [6.07, 6.45) is 0.858. The van der Waals surface area contributed by atoms with E-state index >= 15 is 0 Å². The molecule has 1 saturated heterocycles. The highest BCUT2D eigenvalue weighted by molar-refractivity contribution is 5.74. The number of benzene rings is 1. The van der Waals surface area contributed by atoms with Crippen LogP contribution in [0.5, 0.6) is 0 Å². The number of ether oxygens (including phenoxy) is 1. The summed E-state index contributed by atoms with van der Waals surface area (Å²) >= 11 is 0. The van der Waals surface area contributed by atoms with Crippen LogP contribution < -0.4 is 10.6 Å². The number of anilines is 2. The van der Waals surface area contributed by atoms with Crippen LogP contribution in [0.1, 0.15) is 6.42 Å². The van der Waals surface area contributed by atoms with E-state index in [0.29, 0.717) is 0 Å². The Bertz CT molecular complexity index is 375. The third-order valence-electron chi connectivity index (χ3n) is 2.98. The van der Waals surface area contributed by atoms with Crippen LogP contribution in [0, 0.1) is 5.92 Å². The zero-order valence-corrected chi connectivity index (χ0v) is 9.35. The number of nitrogens with two attached hydrogens (primary N) is 1. The van der Waals surface area contributed by atoms with Gasteiger partial charge in [-0.25, -0.2) is 0 Å². The summed E-state index contributed by atoms with van der Waals surface area (Å²) in [5, 5.41) is 0. The molecule has 4 nitrogen and oxygen atoms in total. The van der Waals surface area contributed by atoms with E-state index in [2.05, 4.69) is 4.90 Å². The van der Waals surface area contributed by atoms with Gasteiger partial charge in [0, 0.05) is 24.5 Å². The van der Waals surface area contributed by atoms with E-state index in [1.165, 1.54) is 7.11 Å². The molecule has 0 amide bonds. The molecule has 1 aliphatic rings. The molecular formula is C12H16N2O2. The number of esters is 1. The van der Waals surface area contributed by atoms with Crippen LogP contribution in [0.3, 0.4) is 0 Å². The maximum absolute atomic E-state index is 11.4. The first-order valence-corrected chi connectivity index (χ1v) is 5.39. The minimum atomic E-state index is -0.113. The Balaban J connectivity index is 2.03. The molecule has 2 rings (SSSR count). The van der Waals surface area contributed by atoms with E-state index < -0.39 is 0 Å². The fourth-order valence-corrected chi connectivity index (χ4v) is 2.04. The summed E-state index contributed by atoms with van der Waals surface area (Å²) in [5.74, 6) is -0.111. The second-order valence-corrected chi connectivity index (χ2v) is 4.05. The van der Waals surface area contributed by atoms with Crippen molar-refractivity contribution in [2.75, 3.05) is 30.8 Å². The normalized spacial score (nSPS) is 19.8. The summed E-state index contributed by atoms with van der Waals surface area (Å²) in [5.41, 5.74) is 7.50. The van der Waals surface area contributed by atoms with Gasteiger partial charge in [-0.1, -0.05) is 0 Å². The van der Waals surface area contributed by atoms with Gasteiger partial charge in [0.25, 0.3) is 0 Å². The number of methoxy groups -OCH3 is 1. The van der Waals surface area contributed by atoms with Gasteiger partial charge in [-0.2, -0.15) is 0 Å². The van der Waals surface area contributed by atoms with Gasteiger partial charge in [-0.15, -0.1) is 0 Å². The van der Waals surface area contributed by atoms with Crippen molar-refractivity contribution in [2.45, 2.75) is 6.42 Å². The largest absolute Gasteiger partial charge is 0.469 e. The van der Waals surface area contributed by atoms with Crippen molar-refractivity contribution < 1.29 is 9.53 Å². The number of nitrogen functional groups attached to an aromatic ring is 1. The molecule has 0 spiro atoms. The molecular weight excluding hydrogens is 204 g/mol. The molecule has 1 atom stereocenters. The quantitative estimate of drug-likeness (QED) is 0.602.